The molecule has 0 saturated heterocycles. The minimum atomic E-state index is 0. The maximum Gasteiger partial charge on any atom is 0.0390 e. The lowest BCUT2D eigenvalue weighted by Crippen LogP contribution is -2.31. The maximum absolute atomic E-state index is 2.32. The number of fused-ring (bicyclic) bond motifs is 1. The van der Waals surface area contributed by atoms with Crippen molar-refractivity contribution in [2.75, 3.05) is 14.1 Å². The molecule has 0 aromatic heterocycles. The van der Waals surface area contributed by atoms with Crippen molar-refractivity contribution < 1.29 is 0 Å². The average Bonchev–Trinajstić information content (AvgIpc) is 2.46. The normalized spacial score (nSPS) is 15.6. The summed E-state index contributed by atoms with van der Waals surface area (Å²) >= 11 is 0. The molecule has 0 bridgehead atoms. The summed E-state index contributed by atoms with van der Waals surface area (Å²) in [6, 6.07) is 8.63. The molecule has 1 aliphatic heterocycles. The van der Waals surface area contributed by atoms with Crippen molar-refractivity contribution >= 4 is 12.4 Å². The predicted octanol–water partition coefficient (Wildman–Crippen LogP) is 1.90. The third-order valence-electron chi connectivity index (χ3n) is 2.39. The summed E-state index contributed by atoms with van der Waals surface area (Å²) in [5.41, 5.74) is 2.93. The number of hydrogen-bond donors (Lipinski definition) is 0. The Morgan fingerprint density at radius 2 is 1.54 bits per heavy atom. The number of rotatable bonds is 1. The molecule has 0 fully saturated rings. The van der Waals surface area contributed by atoms with Crippen LogP contribution in [0.1, 0.15) is 11.1 Å². The third kappa shape index (κ3) is 2.02. The molecule has 1 aromatic carbocycles. The second kappa shape index (κ2) is 4.09. The van der Waals surface area contributed by atoms with Crippen LogP contribution in [0.5, 0.6) is 0 Å². The minimum absolute atomic E-state index is 0. The molecule has 0 unspecified atom stereocenters. The Labute approximate surface area is 85.5 Å². The fraction of sp³-hybridized carbons (Fsp3) is 0.400. The van der Waals surface area contributed by atoms with Crippen LogP contribution in [0, 0.1) is 0 Å². The molecular weight excluding hydrogens is 184 g/mol. The van der Waals surface area contributed by atoms with Gasteiger partial charge >= 0.3 is 0 Å². The van der Waals surface area contributed by atoms with Gasteiger partial charge in [0.1, 0.15) is 0 Å². The molecule has 72 valence electrons. The SMILES string of the molecule is CN(C)N1Cc2ccccc2C1.Cl. The molecule has 0 radical (unpaired) electrons. The van der Waals surface area contributed by atoms with Gasteiger partial charge in [0.15, 0.2) is 0 Å². The smallest absolute Gasteiger partial charge is 0.0390 e. The lowest BCUT2D eigenvalue weighted by molar-refractivity contribution is 0.0210. The highest BCUT2D eigenvalue weighted by Gasteiger charge is 2.18. The minimum Gasteiger partial charge on any atom is -0.247 e. The predicted molar refractivity (Wildman–Crippen MR) is 56.6 cm³/mol. The van der Waals surface area contributed by atoms with Crippen LogP contribution in [-0.2, 0) is 13.1 Å². The van der Waals surface area contributed by atoms with Crippen LogP contribution in [0.3, 0.4) is 0 Å². The lowest BCUT2D eigenvalue weighted by Gasteiger charge is -2.22. The van der Waals surface area contributed by atoms with Gasteiger partial charge in [0, 0.05) is 27.2 Å². The number of hydrazine groups is 1. The Morgan fingerprint density at radius 3 is 1.92 bits per heavy atom. The van der Waals surface area contributed by atoms with E-state index in [2.05, 4.69) is 48.4 Å². The van der Waals surface area contributed by atoms with Crippen molar-refractivity contribution in [3.8, 4) is 0 Å². The molecule has 0 amide bonds. The van der Waals surface area contributed by atoms with Crippen LogP contribution in [0.15, 0.2) is 24.3 Å². The summed E-state index contributed by atoms with van der Waals surface area (Å²) < 4.78 is 0. The molecule has 1 heterocycles. The van der Waals surface area contributed by atoms with E-state index in [1.54, 1.807) is 0 Å². The van der Waals surface area contributed by atoms with Gasteiger partial charge in [-0.25, -0.2) is 10.0 Å². The first-order valence-electron chi connectivity index (χ1n) is 4.26. The molecule has 0 spiro atoms. The molecule has 2 nitrogen and oxygen atoms in total. The zero-order valence-corrected chi connectivity index (χ0v) is 8.84. The molecule has 0 aliphatic carbocycles. The molecule has 3 heteroatoms. The first-order chi connectivity index (χ1) is 5.77. The zero-order chi connectivity index (χ0) is 8.55. The summed E-state index contributed by atoms with van der Waals surface area (Å²) in [5.74, 6) is 0. The average molecular weight is 199 g/mol. The summed E-state index contributed by atoms with van der Waals surface area (Å²) in [7, 11) is 4.18. The lowest BCUT2D eigenvalue weighted by atomic mass is 10.1. The Hall–Kier alpha value is -0.570. The molecule has 1 aromatic rings. The highest BCUT2D eigenvalue weighted by atomic mass is 35.5. The highest BCUT2D eigenvalue weighted by molar-refractivity contribution is 5.85. The van der Waals surface area contributed by atoms with Crippen molar-refractivity contribution in [3.05, 3.63) is 35.4 Å². The van der Waals surface area contributed by atoms with Gasteiger partial charge in [-0.3, -0.25) is 0 Å². The van der Waals surface area contributed by atoms with Gasteiger partial charge in [-0.15, -0.1) is 12.4 Å². The Balaban J connectivity index is 0.000000845. The van der Waals surface area contributed by atoms with Crippen LogP contribution in [0.25, 0.3) is 0 Å². The first-order valence-corrected chi connectivity index (χ1v) is 4.26. The van der Waals surface area contributed by atoms with Crippen LogP contribution < -0.4 is 0 Å². The third-order valence-corrected chi connectivity index (χ3v) is 2.39. The Kier molecular flexibility index (Phi) is 3.31. The van der Waals surface area contributed by atoms with E-state index in [0.717, 1.165) is 13.1 Å². The molecule has 1 aliphatic rings. The fourth-order valence-corrected chi connectivity index (χ4v) is 1.60. The van der Waals surface area contributed by atoms with E-state index in [9.17, 15) is 0 Å². The van der Waals surface area contributed by atoms with Crippen molar-refractivity contribution in [1.82, 2.24) is 10.0 Å². The van der Waals surface area contributed by atoms with Gasteiger partial charge in [-0.05, 0) is 11.1 Å². The van der Waals surface area contributed by atoms with Gasteiger partial charge in [0.05, 0.1) is 0 Å². The zero-order valence-electron chi connectivity index (χ0n) is 8.03. The molecular formula is C10H15ClN2. The van der Waals surface area contributed by atoms with E-state index in [1.807, 2.05) is 0 Å². The quantitative estimate of drug-likeness (QED) is 0.680. The van der Waals surface area contributed by atoms with E-state index >= 15 is 0 Å². The van der Waals surface area contributed by atoms with Crippen molar-refractivity contribution in [3.63, 3.8) is 0 Å². The monoisotopic (exact) mass is 198 g/mol. The molecule has 2 rings (SSSR count). The maximum atomic E-state index is 2.32. The van der Waals surface area contributed by atoms with Crippen molar-refractivity contribution in [1.29, 1.82) is 0 Å². The second-order valence-corrected chi connectivity index (χ2v) is 3.44. The van der Waals surface area contributed by atoms with Gasteiger partial charge in [0.25, 0.3) is 0 Å². The standard InChI is InChI=1S/C10H14N2.ClH/c1-11(2)12-7-9-5-3-4-6-10(9)8-12;/h3-6H,7-8H2,1-2H3;1H. The van der Waals surface area contributed by atoms with E-state index in [1.165, 1.54) is 11.1 Å². The number of hydrogen-bond acceptors (Lipinski definition) is 2. The fourth-order valence-electron chi connectivity index (χ4n) is 1.60. The van der Waals surface area contributed by atoms with Gasteiger partial charge in [-0.1, -0.05) is 24.3 Å². The summed E-state index contributed by atoms with van der Waals surface area (Å²) in [4.78, 5) is 0. The van der Waals surface area contributed by atoms with E-state index in [0.29, 0.717) is 0 Å². The van der Waals surface area contributed by atoms with Crippen LogP contribution in [0.2, 0.25) is 0 Å². The van der Waals surface area contributed by atoms with Gasteiger partial charge in [-0.2, -0.15) is 0 Å². The molecule has 0 saturated carbocycles. The van der Waals surface area contributed by atoms with Crippen LogP contribution >= 0.6 is 12.4 Å². The summed E-state index contributed by atoms with van der Waals surface area (Å²) in [5, 5.41) is 4.48. The van der Waals surface area contributed by atoms with E-state index < -0.39 is 0 Å². The number of benzene rings is 1. The second-order valence-electron chi connectivity index (χ2n) is 3.44. The highest BCUT2D eigenvalue weighted by Crippen LogP contribution is 2.21. The van der Waals surface area contributed by atoms with Gasteiger partial charge in [0.2, 0.25) is 0 Å². The van der Waals surface area contributed by atoms with E-state index in [-0.39, 0.29) is 12.4 Å². The molecule has 0 atom stereocenters. The van der Waals surface area contributed by atoms with Crippen molar-refractivity contribution in [2.24, 2.45) is 0 Å². The molecule has 0 N–H and O–H groups in total. The van der Waals surface area contributed by atoms with Crippen LogP contribution in [-0.4, -0.2) is 24.1 Å². The summed E-state index contributed by atoms with van der Waals surface area (Å²) in [6.45, 7) is 2.12. The largest absolute Gasteiger partial charge is 0.247 e. The van der Waals surface area contributed by atoms with E-state index in [4.69, 9.17) is 0 Å². The summed E-state index contributed by atoms with van der Waals surface area (Å²) in [6.07, 6.45) is 0. The Bertz CT molecular complexity index is 261. The number of nitrogens with zero attached hydrogens (tertiary/aromatic N) is 2. The first kappa shape index (κ1) is 10.5. The van der Waals surface area contributed by atoms with Crippen molar-refractivity contribution in [2.45, 2.75) is 13.1 Å². The van der Waals surface area contributed by atoms with Crippen LogP contribution in [0.4, 0.5) is 0 Å². The van der Waals surface area contributed by atoms with Gasteiger partial charge < -0.3 is 0 Å². The number of halogens is 1. The molecule has 13 heavy (non-hydrogen) atoms. The topological polar surface area (TPSA) is 6.48 Å². The Morgan fingerprint density at radius 1 is 1.08 bits per heavy atom.